The van der Waals surface area contributed by atoms with Gasteiger partial charge in [0.2, 0.25) is 0 Å². The summed E-state index contributed by atoms with van der Waals surface area (Å²) in [4.78, 5) is 2.40. The van der Waals surface area contributed by atoms with Gasteiger partial charge in [-0.1, -0.05) is 18.2 Å². The molecule has 2 aromatic rings. The third-order valence-corrected chi connectivity index (χ3v) is 4.43. The Morgan fingerprint density at radius 3 is 2.62 bits per heavy atom. The van der Waals surface area contributed by atoms with E-state index in [2.05, 4.69) is 36.3 Å². The van der Waals surface area contributed by atoms with Crippen LogP contribution in [0.3, 0.4) is 0 Å². The van der Waals surface area contributed by atoms with Crippen LogP contribution in [-0.2, 0) is 4.74 Å². The molecule has 1 fully saturated rings. The molecule has 3 N–H and O–H groups in total. The SMILES string of the molecule is CC(C)(C(NN)c1cc2ccccc2o1)N1CCOCC1. The van der Waals surface area contributed by atoms with Crippen LogP contribution in [0.1, 0.15) is 25.6 Å². The quantitative estimate of drug-likeness (QED) is 0.666. The number of morpholine rings is 1. The second kappa shape index (κ2) is 5.77. The highest BCUT2D eigenvalue weighted by atomic mass is 16.5. The van der Waals surface area contributed by atoms with Crippen molar-refractivity contribution < 1.29 is 9.15 Å². The molecule has 1 aromatic heterocycles. The zero-order chi connectivity index (χ0) is 14.9. The number of benzene rings is 1. The first-order valence-electron chi connectivity index (χ1n) is 7.40. The topological polar surface area (TPSA) is 63.7 Å². The Balaban J connectivity index is 1.92. The normalized spacial score (nSPS) is 19.0. The summed E-state index contributed by atoms with van der Waals surface area (Å²) in [6.45, 7) is 7.73. The standard InChI is InChI=1S/C16H23N3O2/c1-16(2,19-7-9-20-10-8-19)15(18-17)14-11-12-5-3-4-6-13(12)21-14/h3-6,11,15,18H,7-10,17H2,1-2H3. The summed E-state index contributed by atoms with van der Waals surface area (Å²) in [6.07, 6.45) is 0. The minimum atomic E-state index is -0.160. The van der Waals surface area contributed by atoms with Crippen LogP contribution in [0.4, 0.5) is 0 Å². The minimum absolute atomic E-state index is 0.0806. The Bertz CT molecular complexity index is 569. The molecule has 0 bridgehead atoms. The van der Waals surface area contributed by atoms with E-state index in [1.807, 2.05) is 18.2 Å². The van der Waals surface area contributed by atoms with Gasteiger partial charge < -0.3 is 9.15 Å². The number of hydrogen-bond donors (Lipinski definition) is 2. The zero-order valence-electron chi connectivity index (χ0n) is 12.6. The highest BCUT2D eigenvalue weighted by Gasteiger charge is 2.38. The van der Waals surface area contributed by atoms with Gasteiger partial charge in [-0.2, -0.15) is 0 Å². The van der Waals surface area contributed by atoms with Crippen molar-refractivity contribution in [3.05, 3.63) is 36.1 Å². The number of ether oxygens (including phenoxy) is 1. The number of rotatable bonds is 4. The number of furan rings is 1. The molecule has 0 saturated carbocycles. The van der Waals surface area contributed by atoms with Gasteiger partial charge in [0, 0.05) is 24.0 Å². The van der Waals surface area contributed by atoms with Crippen molar-refractivity contribution in [2.24, 2.45) is 5.84 Å². The predicted octanol–water partition coefficient (Wildman–Crippen LogP) is 2.05. The Morgan fingerprint density at radius 2 is 1.95 bits per heavy atom. The van der Waals surface area contributed by atoms with Crippen LogP contribution in [0, 0.1) is 0 Å². The number of fused-ring (bicyclic) bond motifs is 1. The maximum absolute atomic E-state index is 6.00. The van der Waals surface area contributed by atoms with Gasteiger partial charge in [0.1, 0.15) is 11.3 Å². The van der Waals surface area contributed by atoms with E-state index >= 15 is 0 Å². The fourth-order valence-electron chi connectivity index (χ4n) is 3.10. The van der Waals surface area contributed by atoms with Gasteiger partial charge in [0.15, 0.2) is 0 Å². The van der Waals surface area contributed by atoms with E-state index in [0.29, 0.717) is 0 Å². The van der Waals surface area contributed by atoms with E-state index in [0.717, 1.165) is 43.0 Å². The lowest BCUT2D eigenvalue weighted by molar-refractivity contribution is -0.0263. The number of hydrogen-bond acceptors (Lipinski definition) is 5. The van der Waals surface area contributed by atoms with Gasteiger partial charge >= 0.3 is 0 Å². The molecule has 114 valence electrons. The second-order valence-corrected chi connectivity index (χ2v) is 6.04. The van der Waals surface area contributed by atoms with Gasteiger partial charge in [-0.25, -0.2) is 5.43 Å². The van der Waals surface area contributed by atoms with Crippen LogP contribution in [-0.4, -0.2) is 36.7 Å². The van der Waals surface area contributed by atoms with Crippen molar-refractivity contribution in [2.75, 3.05) is 26.3 Å². The van der Waals surface area contributed by atoms with Crippen molar-refractivity contribution >= 4 is 11.0 Å². The number of nitrogens with two attached hydrogens (primary N) is 1. The van der Waals surface area contributed by atoms with Gasteiger partial charge in [-0.3, -0.25) is 10.7 Å². The summed E-state index contributed by atoms with van der Waals surface area (Å²) in [7, 11) is 0. The zero-order valence-corrected chi connectivity index (χ0v) is 12.6. The molecular weight excluding hydrogens is 266 g/mol. The van der Waals surface area contributed by atoms with Gasteiger partial charge in [0.25, 0.3) is 0 Å². The van der Waals surface area contributed by atoms with E-state index in [1.54, 1.807) is 0 Å². The molecule has 5 heteroatoms. The molecule has 1 aromatic carbocycles. The number of nitrogens with zero attached hydrogens (tertiary/aromatic N) is 1. The molecule has 5 nitrogen and oxygen atoms in total. The molecule has 21 heavy (non-hydrogen) atoms. The smallest absolute Gasteiger partial charge is 0.134 e. The van der Waals surface area contributed by atoms with Crippen LogP contribution >= 0.6 is 0 Å². The Morgan fingerprint density at radius 1 is 1.24 bits per heavy atom. The third kappa shape index (κ3) is 2.70. The van der Waals surface area contributed by atoms with Gasteiger partial charge in [0.05, 0.1) is 19.3 Å². The average Bonchev–Trinajstić information content (AvgIpc) is 2.92. The number of nitrogens with one attached hydrogen (secondary N) is 1. The molecule has 1 saturated heterocycles. The number of hydrazine groups is 1. The van der Waals surface area contributed by atoms with Crippen molar-refractivity contribution in [2.45, 2.75) is 25.4 Å². The summed E-state index contributed by atoms with van der Waals surface area (Å²) in [6, 6.07) is 10.0. The lowest BCUT2D eigenvalue weighted by atomic mass is 9.90. The van der Waals surface area contributed by atoms with E-state index in [1.165, 1.54) is 0 Å². The van der Waals surface area contributed by atoms with Crippen molar-refractivity contribution in [1.29, 1.82) is 0 Å². The highest BCUT2D eigenvalue weighted by Crippen LogP contribution is 2.34. The largest absolute Gasteiger partial charge is 0.459 e. The molecule has 0 aliphatic carbocycles. The summed E-state index contributed by atoms with van der Waals surface area (Å²) < 4.78 is 11.4. The molecule has 0 spiro atoms. The van der Waals surface area contributed by atoms with Crippen LogP contribution in [0.5, 0.6) is 0 Å². The third-order valence-electron chi connectivity index (χ3n) is 4.43. The molecule has 1 atom stereocenters. The lowest BCUT2D eigenvalue weighted by Gasteiger charge is -2.44. The molecule has 3 rings (SSSR count). The van der Waals surface area contributed by atoms with E-state index in [-0.39, 0.29) is 11.6 Å². The molecule has 1 aliphatic rings. The summed E-state index contributed by atoms with van der Waals surface area (Å²) in [5, 5.41) is 1.10. The van der Waals surface area contributed by atoms with Crippen LogP contribution in [0.15, 0.2) is 34.7 Å². The molecule has 0 amide bonds. The van der Waals surface area contributed by atoms with E-state index in [4.69, 9.17) is 15.0 Å². The molecule has 1 unspecified atom stereocenters. The van der Waals surface area contributed by atoms with Crippen molar-refractivity contribution in [3.63, 3.8) is 0 Å². The Hall–Kier alpha value is -1.40. The second-order valence-electron chi connectivity index (χ2n) is 6.04. The Labute approximate surface area is 125 Å². The van der Waals surface area contributed by atoms with Crippen LogP contribution in [0.2, 0.25) is 0 Å². The van der Waals surface area contributed by atoms with Gasteiger partial charge in [-0.05, 0) is 26.0 Å². The summed E-state index contributed by atoms with van der Waals surface area (Å²) >= 11 is 0. The van der Waals surface area contributed by atoms with E-state index in [9.17, 15) is 0 Å². The molecule has 0 radical (unpaired) electrons. The first-order chi connectivity index (χ1) is 10.1. The lowest BCUT2D eigenvalue weighted by Crippen LogP contribution is -2.57. The van der Waals surface area contributed by atoms with Crippen molar-refractivity contribution in [1.82, 2.24) is 10.3 Å². The maximum Gasteiger partial charge on any atom is 0.134 e. The highest BCUT2D eigenvalue weighted by molar-refractivity contribution is 5.77. The molecule has 1 aliphatic heterocycles. The maximum atomic E-state index is 6.00. The van der Waals surface area contributed by atoms with Gasteiger partial charge in [-0.15, -0.1) is 0 Å². The first-order valence-corrected chi connectivity index (χ1v) is 7.40. The van der Waals surface area contributed by atoms with Crippen LogP contribution < -0.4 is 11.3 Å². The monoisotopic (exact) mass is 289 g/mol. The van der Waals surface area contributed by atoms with E-state index < -0.39 is 0 Å². The molecule has 2 heterocycles. The summed E-state index contributed by atoms with van der Waals surface area (Å²) in [5.41, 5.74) is 3.67. The fraction of sp³-hybridized carbons (Fsp3) is 0.500. The predicted molar refractivity (Wildman–Crippen MR) is 82.7 cm³/mol. The number of para-hydroxylation sites is 1. The molecular formula is C16H23N3O2. The van der Waals surface area contributed by atoms with Crippen molar-refractivity contribution in [3.8, 4) is 0 Å². The summed E-state index contributed by atoms with van der Waals surface area (Å²) in [5.74, 6) is 6.72. The fourth-order valence-corrected chi connectivity index (χ4v) is 3.10. The van der Waals surface area contributed by atoms with Crippen LogP contribution in [0.25, 0.3) is 11.0 Å². The first kappa shape index (κ1) is 14.5. The average molecular weight is 289 g/mol. The minimum Gasteiger partial charge on any atom is -0.459 e. The Kier molecular flexibility index (Phi) is 3.99.